The fraction of sp³-hybridized carbons (Fsp3) is 1.00. The molecule has 3 heteroatoms. The number of likely N-dealkylation sites (tertiary alicyclic amines) is 1. The summed E-state index contributed by atoms with van der Waals surface area (Å²) in [7, 11) is 5.54. The predicted octanol–water partition coefficient (Wildman–Crippen LogP) is -0.0382. The van der Waals surface area contributed by atoms with Crippen molar-refractivity contribution < 1.29 is 9.47 Å². The molecular formula is C7H15NO2. The maximum Gasteiger partial charge on any atom is 0.0971 e. The van der Waals surface area contributed by atoms with Crippen molar-refractivity contribution in [3.8, 4) is 0 Å². The van der Waals surface area contributed by atoms with Gasteiger partial charge < -0.3 is 14.4 Å². The van der Waals surface area contributed by atoms with Crippen molar-refractivity contribution in [1.29, 1.82) is 0 Å². The summed E-state index contributed by atoms with van der Waals surface area (Å²) in [6.45, 7) is 1.96. The maximum absolute atomic E-state index is 5.22. The molecule has 0 saturated carbocycles. The molecule has 2 atom stereocenters. The summed E-state index contributed by atoms with van der Waals surface area (Å²) in [6, 6.07) is 0. The van der Waals surface area contributed by atoms with Gasteiger partial charge in [-0.25, -0.2) is 0 Å². The summed E-state index contributed by atoms with van der Waals surface area (Å²) < 4.78 is 10.4. The van der Waals surface area contributed by atoms with Gasteiger partial charge in [-0.05, 0) is 7.05 Å². The van der Waals surface area contributed by atoms with Crippen LogP contribution in [0, 0.1) is 0 Å². The molecule has 1 rings (SSSR count). The van der Waals surface area contributed by atoms with Crippen LogP contribution in [0.2, 0.25) is 0 Å². The Bertz CT molecular complexity index is 95.8. The van der Waals surface area contributed by atoms with Crippen LogP contribution in [0.4, 0.5) is 0 Å². The second kappa shape index (κ2) is 3.32. The highest BCUT2D eigenvalue weighted by Crippen LogP contribution is 2.12. The Labute approximate surface area is 61.9 Å². The van der Waals surface area contributed by atoms with Gasteiger partial charge in [-0.2, -0.15) is 0 Å². The summed E-state index contributed by atoms with van der Waals surface area (Å²) in [6.07, 6.45) is 0.519. The molecule has 0 spiro atoms. The fourth-order valence-corrected chi connectivity index (χ4v) is 1.38. The van der Waals surface area contributed by atoms with Gasteiger partial charge in [-0.3, -0.25) is 0 Å². The topological polar surface area (TPSA) is 21.7 Å². The van der Waals surface area contributed by atoms with E-state index in [1.54, 1.807) is 14.2 Å². The summed E-state index contributed by atoms with van der Waals surface area (Å²) in [5, 5.41) is 0. The molecule has 0 aromatic heterocycles. The van der Waals surface area contributed by atoms with Crippen LogP contribution in [0.25, 0.3) is 0 Å². The summed E-state index contributed by atoms with van der Waals surface area (Å²) in [5.74, 6) is 0. The lowest BCUT2D eigenvalue weighted by molar-refractivity contribution is -0.00461. The average molecular weight is 145 g/mol. The summed E-state index contributed by atoms with van der Waals surface area (Å²) in [5.41, 5.74) is 0. The van der Waals surface area contributed by atoms with Gasteiger partial charge in [0, 0.05) is 27.3 Å². The Balaban J connectivity index is 2.41. The first-order chi connectivity index (χ1) is 4.77. The molecule has 0 aliphatic carbocycles. The van der Waals surface area contributed by atoms with Crippen LogP contribution in [0.3, 0.4) is 0 Å². The Hall–Kier alpha value is -0.120. The normalized spacial score (nSPS) is 35.1. The van der Waals surface area contributed by atoms with E-state index in [9.17, 15) is 0 Å². The summed E-state index contributed by atoms with van der Waals surface area (Å²) >= 11 is 0. The highest BCUT2D eigenvalue weighted by atomic mass is 16.5. The van der Waals surface area contributed by atoms with Crippen molar-refractivity contribution in [2.45, 2.75) is 12.2 Å². The third-order valence-electron chi connectivity index (χ3n) is 2.00. The minimum atomic E-state index is 0.259. The van der Waals surface area contributed by atoms with E-state index in [4.69, 9.17) is 9.47 Å². The van der Waals surface area contributed by atoms with Gasteiger partial charge >= 0.3 is 0 Å². The monoisotopic (exact) mass is 145 g/mol. The van der Waals surface area contributed by atoms with Crippen molar-refractivity contribution in [2.24, 2.45) is 0 Å². The molecule has 0 aromatic carbocycles. The molecular weight excluding hydrogens is 130 g/mol. The third kappa shape index (κ3) is 1.48. The second-order valence-corrected chi connectivity index (χ2v) is 2.77. The second-order valence-electron chi connectivity index (χ2n) is 2.77. The largest absolute Gasteiger partial charge is 0.377 e. The zero-order valence-corrected chi connectivity index (χ0v) is 6.83. The van der Waals surface area contributed by atoms with Crippen molar-refractivity contribution in [3.63, 3.8) is 0 Å². The van der Waals surface area contributed by atoms with Crippen molar-refractivity contribution in [2.75, 3.05) is 34.4 Å². The first kappa shape index (κ1) is 7.98. The molecule has 60 valence electrons. The van der Waals surface area contributed by atoms with E-state index in [2.05, 4.69) is 11.9 Å². The Morgan fingerprint density at radius 2 is 1.50 bits per heavy atom. The van der Waals surface area contributed by atoms with Crippen molar-refractivity contribution in [1.82, 2.24) is 4.90 Å². The fourth-order valence-electron chi connectivity index (χ4n) is 1.38. The van der Waals surface area contributed by atoms with Gasteiger partial charge in [0.15, 0.2) is 0 Å². The minimum Gasteiger partial charge on any atom is -0.377 e. The average Bonchev–Trinajstić information content (AvgIpc) is 2.30. The van der Waals surface area contributed by atoms with Crippen LogP contribution >= 0.6 is 0 Å². The molecule has 3 nitrogen and oxygen atoms in total. The van der Waals surface area contributed by atoms with Crippen LogP contribution in [0.1, 0.15) is 0 Å². The molecule has 10 heavy (non-hydrogen) atoms. The molecule has 1 fully saturated rings. The lowest BCUT2D eigenvalue weighted by Gasteiger charge is -2.13. The standard InChI is InChI=1S/C7H15NO2/c1-8-4-6(9-2)7(5-8)10-3/h6-7H,4-5H2,1-3H3/t6-,7+. The van der Waals surface area contributed by atoms with Crippen molar-refractivity contribution in [3.05, 3.63) is 0 Å². The molecule has 0 aromatic rings. The third-order valence-corrected chi connectivity index (χ3v) is 2.00. The van der Waals surface area contributed by atoms with Crippen molar-refractivity contribution >= 4 is 0 Å². The number of likely N-dealkylation sites (N-methyl/N-ethyl adjacent to an activating group) is 1. The van der Waals surface area contributed by atoms with E-state index in [0.29, 0.717) is 0 Å². The maximum atomic E-state index is 5.22. The molecule has 1 heterocycles. The van der Waals surface area contributed by atoms with E-state index in [0.717, 1.165) is 13.1 Å². The van der Waals surface area contributed by atoms with E-state index < -0.39 is 0 Å². The number of nitrogens with zero attached hydrogens (tertiary/aromatic N) is 1. The molecule has 1 aliphatic rings. The number of rotatable bonds is 2. The van der Waals surface area contributed by atoms with Gasteiger partial charge in [-0.1, -0.05) is 0 Å². The van der Waals surface area contributed by atoms with E-state index in [1.165, 1.54) is 0 Å². The molecule has 1 saturated heterocycles. The smallest absolute Gasteiger partial charge is 0.0971 e. The Kier molecular flexibility index (Phi) is 2.65. The van der Waals surface area contributed by atoms with Crippen LogP contribution in [-0.4, -0.2) is 51.5 Å². The van der Waals surface area contributed by atoms with E-state index in [-0.39, 0.29) is 12.2 Å². The van der Waals surface area contributed by atoms with Gasteiger partial charge in [0.05, 0.1) is 12.2 Å². The van der Waals surface area contributed by atoms with Gasteiger partial charge in [0.25, 0.3) is 0 Å². The number of hydrogen-bond donors (Lipinski definition) is 0. The molecule has 0 N–H and O–H groups in total. The van der Waals surface area contributed by atoms with E-state index in [1.807, 2.05) is 0 Å². The number of ether oxygens (including phenoxy) is 2. The Morgan fingerprint density at radius 1 is 1.10 bits per heavy atom. The minimum absolute atomic E-state index is 0.259. The molecule has 0 amide bonds. The molecule has 0 radical (unpaired) electrons. The van der Waals surface area contributed by atoms with E-state index >= 15 is 0 Å². The van der Waals surface area contributed by atoms with Gasteiger partial charge in [0.1, 0.15) is 0 Å². The first-order valence-electron chi connectivity index (χ1n) is 3.52. The van der Waals surface area contributed by atoms with Crippen LogP contribution < -0.4 is 0 Å². The number of methoxy groups -OCH3 is 2. The molecule has 0 bridgehead atoms. The van der Waals surface area contributed by atoms with Gasteiger partial charge in [-0.15, -0.1) is 0 Å². The first-order valence-corrected chi connectivity index (χ1v) is 3.52. The molecule has 1 aliphatic heterocycles. The number of hydrogen-bond acceptors (Lipinski definition) is 3. The SMILES string of the molecule is CO[C@H]1CN(C)C[C@H]1OC. The summed E-state index contributed by atoms with van der Waals surface area (Å²) in [4.78, 5) is 2.21. The van der Waals surface area contributed by atoms with Gasteiger partial charge in [0.2, 0.25) is 0 Å². The van der Waals surface area contributed by atoms with Crippen LogP contribution in [0.5, 0.6) is 0 Å². The zero-order chi connectivity index (χ0) is 7.56. The highest BCUT2D eigenvalue weighted by molar-refractivity contribution is 4.83. The van der Waals surface area contributed by atoms with Crippen LogP contribution in [-0.2, 0) is 9.47 Å². The lowest BCUT2D eigenvalue weighted by Crippen LogP contribution is -2.27. The Morgan fingerprint density at radius 3 is 1.80 bits per heavy atom. The van der Waals surface area contributed by atoms with Crippen LogP contribution in [0.15, 0.2) is 0 Å². The quantitative estimate of drug-likeness (QED) is 0.544. The predicted molar refractivity (Wildman–Crippen MR) is 39.1 cm³/mol. The molecule has 0 unspecified atom stereocenters. The lowest BCUT2D eigenvalue weighted by atomic mass is 10.3. The highest BCUT2D eigenvalue weighted by Gasteiger charge is 2.30. The zero-order valence-electron chi connectivity index (χ0n) is 6.83.